The molecule has 3 nitrogen and oxygen atoms in total. The van der Waals surface area contributed by atoms with Gasteiger partial charge in [-0.3, -0.25) is 4.79 Å². The second-order valence-corrected chi connectivity index (χ2v) is 8.51. The molecule has 1 aliphatic heterocycles. The molecule has 3 fully saturated rings. The number of amides is 1. The molecule has 2 aliphatic carbocycles. The van der Waals surface area contributed by atoms with Crippen molar-refractivity contribution >= 4 is 18.3 Å². The van der Waals surface area contributed by atoms with Crippen molar-refractivity contribution in [1.29, 1.82) is 0 Å². The Kier molecular flexibility index (Phi) is 6.79. The number of carbonyl (C=O) groups is 1. The van der Waals surface area contributed by atoms with E-state index in [1.54, 1.807) is 0 Å². The van der Waals surface area contributed by atoms with Crippen LogP contribution in [0.15, 0.2) is 0 Å². The minimum atomic E-state index is 0. The summed E-state index contributed by atoms with van der Waals surface area (Å²) in [6.07, 6.45) is 10.8. The van der Waals surface area contributed by atoms with E-state index < -0.39 is 0 Å². The number of carbonyl (C=O) groups excluding carboxylic acids is 1. The second-order valence-electron chi connectivity index (χ2n) is 8.51. The molecule has 1 amide bonds. The van der Waals surface area contributed by atoms with Gasteiger partial charge in [0.2, 0.25) is 5.91 Å². The largest absolute Gasteiger partial charge is 0.339 e. The van der Waals surface area contributed by atoms with Crippen molar-refractivity contribution < 1.29 is 4.79 Å². The highest BCUT2D eigenvalue weighted by Crippen LogP contribution is 2.43. The molecule has 2 bridgehead atoms. The van der Waals surface area contributed by atoms with Gasteiger partial charge in [0, 0.05) is 24.5 Å². The van der Waals surface area contributed by atoms with Gasteiger partial charge < -0.3 is 10.6 Å². The van der Waals surface area contributed by atoms with Crippen molar-refractivity contribution in [2.24, 2.45) is 29.4 Å². The fourth-order valence-electron chi connectivity index (χ4n) is 5.31. The maximum atomic E-state index is 13.2. The molecular formula is C19H35ClN2O. The zero-order chi connectivity index (χ0) is 15.7. The minimum absolute atomic E-state index is 0. The lowest BCUT2D eigenvalue weighted by molar-refractivity contribution is -0.142. The van der Waals surface area contributed by atoms with Crippen LogP contribution in [0.2, 0.25) is 0 Å². The predicted molar refractivity (Wildman–Crippen MR) is 97.6 cm³/mol. The monoisotopic (exact) mass is 342 g/mol. The lowest BCUT2D eigenvalue weighted by Gasteiger charge is -2.46. The highest BCUT2D eigenvalue weighted by Gasteiger charge is 2.42. The van der Waals surface area contributed by atoms with Crippen LogP contribution in [0.1, 0.15) is 71.6 Å². The van der Waals surface area contributed by atoms with Crippen LogP contribution in [0.4, 0.5) is 0 Å². The van der Waals surface area contributed by atoms with Crippen LogP contribution < -0.4 is 5.73 Å². The zero-order valence-electron chi connectivity index (χ0n) is 14.9. The molecule has 2 N–H and O–H groups in total. The van der Waals surface area contributed by atoms with Crippen molar-refractivity contribution in [3.8, 4) is 0 Å². The summed E-state index contributed by atoms with van der Waals surface area (Å²) < 4.78 is 0. The maximum absolute atomic E-state index is 13.2. The molecule has 0 aromatic carbocycles. The molecule has 3 rings (SSSR count). The van der Waals surface area contributed by atoms with E-state index in [-0.39, 0.29) is 18.3 Å². The molecule has 1 heterocycles. The Balaban J connectivity index is 0.00000192. The predicted octanol–water partition coefficient (Wildman–Crippen LogP) is 3.99. The minimum Gasteiger partial charge on any atom is -0.339 e. The summed E-state index contributed by atoms with van der Waals surface area (Å²) in [6, 6.07) is 0.863. The van der Waals surface area contributed by atoms with Gasteiger partial charge in [-0.25, -0.2) is 0 Å². The highest BCUT2D eigenvalue weighted by molar-refractivity contribution is 5.85. The molecule has 3 aliphatic rings. The number of halogens is 1. The Hall–Kier alpha value is -0.280. The van der Waals surface area contributed by atoms with Gasteiger partial charge in [-0.15, -0.1) is 12.4 Å². The number of hydrogen-bond donors (Lipinski definition) is 1. The van der Waals surface area contributed by atoms with Crippen LogP contribution in [0.25, 0.3) is 0 Å². The molecule has 0 aromatic rings. The molecule has 2 saturated carbocycles. The molecule has 23 heavy (non-hydrogen) atoms. The summed E-state index contributed by atoms with van der Waals surface area (Å²) in [4.78, 5) is 15.4. The fraction of sp³-hybridized carbons (Fsp3) is 0.947. The fourth-order valence-corrected chi connectivity index (χ4v) is 5.31. The van der Waals surface area contributed by atoms with Crippen molar-refractivity contribution in [2.45, 2.75) is 83.7 Å². The quantitative estimate of drug-likeness (QED) is 0.842. The van der Waals surface area contributed by atoms with E-state index in [2.05, 4.69) is 18.7 Å². The number of hydrogen-bond acceptors (Lipinski definition) is 2. The smallest absolute Gasteiger partial charge is 0.225 e. The van der Waals surface area contributed by atoms with E-state index in [1.807, 2.05) is 0 Å². The van der Waals surface area contributed by atoms with Crippen molar-refractivity contribution in [2.75, 3.05) is 6.54 Å². The first kappa shape index (κ1) is 19.1. The second kappa shape index (κ2) is 8.20. The van der Waals surface area contributed by atoms with Crippen LogP contribution in [0, 0.1) is 23.7 Å². The highest BCUT2D eigenvalue weighted by atomic mass is 35.5. The van der Waals surface area contributed by atoms with Crippen LogP contribution in [-0.2, 0) is 4.79 Å². The summed E-state index contributed by atoms with van der Waals surface area (Å²) in [5.41, 5.74) is 6.39. The third-order valence-corrected chi connectivity index (χ3v) is 6.42. The topological polar surface area (TPSA) is 46.3 Å². The number of piperidine rings is 1. The average Bonchev–Trinajstić information content (AvgIpc) is 2.46. The lowest BCUT2D eigenvalue weighted by atomic mass is 9.64. The maximum Gasteiger partial charge on any atom is 0.225 e. The lowest BCUT2D eigenvalue weighted by Crippen LogP contribution is -2.52. The Morgan fingerprint density at radius 2 is 1.74 bits per heavy atom. The SMILES string of the molecule is CC(C)CC1CCCCN1C(=O)C1CC2CCCC(C1)C2N.Cl. The van der Waals surface area contributed by atoms with Gasteiger partial charge >= 0.3 is 0 Å². The average molecular weight is 343 g/mol. The van der Waals surface area contributed by atoms with Crippen molar-refractivity contribution in [3.63, 3.8) is 0 Å². The molecule has 3 unspecified atom stereocenters. The third kappa shape index (κ3) is 4.22. The standard InChI is InChI=1S/C19H34N2O.ClH/c1-13(2)10-17-8-3-4-9-21(17)19(22)16-11-14-6-5-7-15(12-16)18(14)20;/h13-18H,3-12,20H2,1-2H3;1H. The van der Waals surface area contributed by atoms with E-state index in [1.165, 1.54) is 44.9 Å². The number of rotatable bonds is 3. The molecular weight excluding hydrogens is 308 g/mol. The van der Waals surface area contributed by atoms with Gasteiger partial charge in [0.1, 0.15) is 0 Å². The summed E-state index contributed by atoms with van der Waals surface area (Å²) in [5.74, 6) is 2.62. The Morgan fingerprint density at radius 1 is 1.09 bits per heavy atom. The first-order valence-corrected chi connectivity index (χ1v) is 9.62. The number of likely N-dealkylation sites (tertiary alicyclic amines) is 1. The summed E-state index contributed by atoms with van der Waals surface area (Å²) >= 11 is 0. The third-order valence-electron chi connectivity index (χ3n) is 6.42. The van der Waals surface area contributed by atoms with Crippen LogP contribution in [0.3, 0.4) is 0 Å². The van der Waals surface area contributed by atoms with E-state index >= 15 is 0 Å². The van der Waals surface area contributed by atoms with Gasteiger partial charge in [0.05, 0.1) is 0 Å². The van der Waals surface area contributed by atoms with Gasteiger partial charge in [-0.1, -0.05) is 20.3 Å². The Labute approximate surface area is 148 Å². The van der Waals surface area contributed by atoms with Crippen molar-refractivity contribution in [3.05, 3.63) is 0 Å². The normalized spacial score (nSPS) is 37.4. The Bertz CT molecular complexity index is 387. The number of fused-ring (bicyclic) bond motifs is 2. The number of nitrogens with two attached hydrogens (primary N) is 1. The van der Waals surface area contributed by atoms with E-state index in [0.29, 0.717) is 35.7 Å². The molecule has 3 atom stereocenters. The van der Waals surface area contributed by atoms with Crippen LogP contribution >= 0.6 is 12.4 Å². The Morgan fingerprint density at radius 3 is 2.35 bits per heavy atom. The van der Waals surface area contributed by atoms with E-state index in [0.717, 1.165) is 19.4 Å². The van der Waals surface area contributed by atoms with Crippen LogP contribution in [0.5, 0.6) is 0 Å². The molecule has 1 saturated heterocycles. The molecule has 0 aromatic heterocycles. The van der Waals surface area contributed by atoms with Gasteiger partial charge in [-0.2, -0.15) is 0 Å². The van der Waals surface area contributed by atoms with Gasteiger partial charge in [0.25, 0.3) is 0 Å². The molecule has 4 heteroatoms. The van der Waals surface area contributed by atoms with E-state index in [4.69, 9.17) is 5.73 Å². The molecule has 134 valence electrons. The van der Waals surface area contributed by atoms with Crippen LogP contribution in [-0.4, -0.2) is 29.4 Å². The van der Waals surface area contributed by atoms with Gasteiger partial charge in [0.15, 0.2) is 0 Å². The van der Waals surface area contributed by atoms with Crippen molar-refractivity contribution in [1.82, 2.24) is 4.90 Å². The van der Waals surface area contributed by atoms with E-state index in [9.17, 15) is 4.79 Å². The first-order valence-electron chi connectivity index (χ1n) is 9.62. The number of nitrogens with zero attached hydrogens (tertiary/aromatic N) is 1. The summed E-state index contributed by atoms with van der Waals surface area (Å²) in [5, 5.41) is 0. The first-order chi connectivity index (χ1) is 10.6. The summed E-state index contributed by atoms with van der Waals surface area (Å²) in [7, 11) is 0. The molecule has 0 spiro atoms. The zero-order valence-corrected chi connectivity index (χ0v) is 15.7. The summed E-state index contributed by atoms with van der Waals surface area (Å²) in [6.45, 7) is 5.55. The van der Waals surface area contributed by atoms with Gasteiger partial charge in [-0.05, 0) is 69.1 Å². The molecule has 0 radical (unpaired) electrons.